The van der Waals surface area contributed by atoms with Crippen LogP contribution in [0.5, 0.6) is 0 Å². The molecule has 0 bridgehead atoms. The van der Waals surface area contributed by atoms with Gasteiger partial charge in [0.05, 0.1) is 18.8 Å². The third kappa shape index (κ3) is 5.49. The Kier molecular flexibility index (Phi) is 7.50. The number of benzene rings is 1. The third-order valence-corrected chi connectivity index (χ3v) is 5.20. The van der Waals surface area contributed by atoms with E-state index in [9.17, 15) is 14.4 Å². The van der Waals surface area contributed by atoms with Gasteiger partial charge in [0.25, 0.3) is 5.91 Å². The molecule has 0 spiro atoms. The molecule has 0 aliphatic heterocycles. The van der Waals surface area contributed by atoms with Crippen LogP contribution < -0.4 is 10.6 Å². The SMILES string of the molecule is COC(=O)C1CCC(NC(=O)c2ccc(C)c(NC(=O)CSC)c2)CC1. The van der Waals surface area contributed by atoms with Gasteiger partial charge in [0.15, 0.2) is 0 Å². The fraction of sp³-hybridized carbons (Fsp3) is 0.526. The van der Waals surface area contributed by atoms with Gasteiger partial charge in [0, 0.05) is 17.3 Å². The first-order chi connectivity index (χ1) is 12.4. The van der Waals surface area contributed by atoms with Crippen LogP contribution in [0, 0.1) is 12.8 Å². The molecular formula is C19H26N2O4S. The summed E-state index contributed by atoms with van der Waals surface area (Å²) in [6.07, 6.45) is 4.83. The largest absolute Gasteiger partial charge is 0.469 e. The van der Waals surface area contributed by atoms with E-state index in [1.165, 1.54) is 18.9 Å². The van der Waals surface area contributed by atoms with Gasteiger partial charge in [-0.2, -0.15) is 11.8 Å². The Morgan fingerprint density at radius 3 is 2.50 bits per heavy atom. The predicted octanol–water partition coefficient (Wildman–Crippen LogP) is 2.76. The Morgan fingerprint density at radius 1 is 1.19 bits per heavy atom. The Bertz CT molecular complexity index is 670. The molecule has 1 aliphatic carbocycles. The quantitative estimate of drug-likeness (QED) is 0.744. The summed E-state index contributed by atoms with van der Waals surface area (Å²) in [7, 11) is 1.41. The Balaban J connectivity index is 1.95. The first-order valence-corrected chi connectivity index (χ1v) is 10.1. The van der Waals surface area contributed by atoms with Gasteiger partial charge in [0.1, 0.15) is 0 Å². The fourth-order valence-electron chi connectivity index (χ4n) is 3.12. The van der Waals surface area contributed by atoms with Crippen LogP contribution in [-0.2, 0) is 14.3 Å². The Labute approximate surface area is 158 Å². The van der Waals surface area contributed by atoms with Gasteiger partial charge in [-0.1, -0.05) is 6.07 Å². The van der Waals surface area contributed by atoms with Crippen LogP contribution >= 0.6 is 11.8 Å². The smallest absolute Gasteiger partial charge is 0.308 e. The molecule has 0 atom stereocenters. The van der Waals surface area contributed by atoms with Crippen molar-refractivity contribution in [1.29, 1.82) is 0 Å². The van der Waals surface area contributed by atoms with E-state index in [-0.39, 0.29) is 29.7 Å². The second kappa shape index (κ2) is 9.62. The molecule has 0 saturated heterocycles. The van der Waals surface area contributed by atoms with Gasteiger partial charge >= 0.3 is 5.97 Å². The minimum atomic E-state index is -0.168. The minimum Gasteiger partial charge on any atom is -0.469 e. The standard InChI is InChI=1S/C19H26N2O4S/c1-12-4-5-14(10-16(12)21-17(22)11-26-3)18(23)20-15-8-6-13(7-9-15)19(24)25-2/h4-5,10,13,15H,6-9,11H2,1-3H3,(H,20,23)(H,21,22). The molecule has 1 aromatic rings. The first-order valence-electron chi connectivity index (χ1n) is 8.72. The van der Waals surface area contributed by atoms with Crippen molar-refractivity contribution in [2.75, 3.05) is 24.4 Å². The molecule has 6 nitrogen and oxygen atoms in total. The van der Waals surface area contributed by atoms with Gasteiger partial charge in [-0.15, -0.1) is 0 Å². The number of hydrogen-bond donors (Lipinski definition) is 2. The molecule has 7 heteroatoms. The zero-order valence-electron chi connectivity index (χ0n) is 15.5. The van der Waals surface area contributed by atoms with Crippen molar-refractivity contribution < 1.29 is 19.1 Å². The summed E-state index contributed by atoms with van der Waals surface area (Å²) >= 11 is 1.45. The van der Waals surface area contributed by atoms with Crippen LogP contribution in [0.25, 0.3) is 0 Å². The van der Waals surface area contributed by atoms with E-state index >= 15 is 0 Å². The number of hydrogen-bond acceptors (Lipinski definition) is 5. The number of ether oxygens (including phenoxy) is 1. The number of methoxy groups -OCH3 is 1. The number of anilines is 1. The third-order valence-electron chi connectivity index (χ3n) is 4.65. The number of aryl methyl sites for hydroxylation is 1. The lowest BCUT2D eigenvalue weighted by Crippen LogP contribution is -2.39. The summed E-state index contributed by atoms with van der Waals surface area (Å²) in [6, 6.07) is 5.36. The molecule has 1 aliphatic rings. The molecule has 2 amide bonds. The molecule has 1 saturated carbocycles. The molecule has 26 heavy (non-hydrogen) atoms. The second-order valence-corrected chi connectivity index (χ2v) is 7.42. The molecule has 0 heterocycles. The number of amides is 2. The molecule has 1 fully saturated rings. The van der Waals surface area contributed by atoms with Crippen molar-refractivity contribution in [1.82, 2.24) is 5.32 Å². The molecule has 0 aromatic heterocycles. The highest BCUT2D eigenvalue weighted by atomic mass is 32.2. The molecule has 2 N–H and O–H groups in total. The lowest BCUT2D eigenvalue weighted by Gasteiger charge is -2.27. The van der Waals surface area contributed by atoms with Crippen LogP contribution in [0.2, 0.25) is 0 Å². The summed E-state index contributed by atoms with van der Waals surface area (Å²) < 4.78 is 4.79. The maximum atomic E-state index is 12.5. The van der Waals surface area contributed by atoms with Crippen molar-refractivity contribution in [2.45, 2.75) is 38.6 Å². The maximum absolute atomic E-state index is 12.5. The Hall–Kier alpha value is -2.02. The molecular weight excluding hydrogens is 352 g/mol. The minimum absolute atomic E-state index is 0.0549. The average Bonchev–Trinajstić information content (AvgIpc) is 2.63. The highest BCUT2D eigenvalue weighted by Gasteiger charge is 2.27. The lowest BCUT2D eigenvalue weighted by atomic mass is 9.86. The monoisotopic (exact) mass is 378 g/mol. The zero-order chi connectivity index (χ0) is 19.1. The molecule has 142 valence electrons. The van der Waals surface area contributed by atoms with Crippen molar-refractivity contribution >= 4 is 35.2 Å². The van der Waals surface area contributed by atoms with Crippen molar-refractivity contribution in [2.24, 2.45) is 5.92 Å². The lowest BCUT2D eigenvalue weighted by molar-refractivity contribution is -0.146. The summed E-state index contributed by atoms with van der Waals surface area (Å²) in [4.78, 5) is 35.9. The zero-order valence-corrected chi connectivity index (χ0v) is 16.3. The summed E-state index contributed by atoms with van der Waals surface area (Å²) in [6.45, 7) is 1.89. The van der Waals surface area contributed by atoms with Gasteiger partial charge in [-0.25, -0.2) is 0 Å². The number of esters is 1. The number of carbonyl (C=O) groups is 3. The summed E-state index contributed by atoms with van der Waals surface area (Å²) in [5.74, 6) is -0.102. The van der Waals surface area contributed by atoms with Crippen molar-refractivity contribution in [3.05, 3.63) is 29.3 Å². The number of nitrogens with one attached hydrogen (secondary N) is 2. The number of thioether (sulfide) groups is 1. The van der Waals surface area contributed by atoms with E-state index in [4.69, 9.17) is 4.74 Å². The van der Waals surface area contributed by atoms with E-state index in [1.54, 1.807) is 12.1 Å². The molecule has 0 radical (unpaired) electrons. The van der Waals surface area contributed by atoms with E-state index in [1.807, 2.05) is 19.2 Å². The van der Waals surface area contributed by atoms with Gasteiger partial charge in [0.2, 0.25) is 5.91 Å². The topological polar surface area (TPSA) is 84.5 Å². The Morgan fingerprint density at radius 2 is 1.88 bits per heavy atom. The molecule has 1 aromatic carbocycles. The normalized spacial score (nSPS) is 19.5. The van der Waals surface area contributed by atoms with E-state index in [0.717, 1.165) is 31.2 Å². The molecule has 2 rings (SSSR count). The van der Waals surface area contributed by atoms with Gasteiger partial charge < -0.3 is 15.4 Å². The van der Waals surface area contributed by atoms with Gasteiger partial charge in [-0.3, -0.25) is 14.4 Å². The predicted molar refractivity (Wildman–Crippen MR) is 103 cm³/mol. The maximum Gasteiger partial charge on any atom is 0.308 e. The molecule has 0 unspecified atom stereocenters. The number of carbonyl (C=O) groups excluding carboxylic acids is 3. The summed E-state index contributed by atoms with van der Waals surface area (Å²) in [5.41, 5.74) is 2.09. The van der Waals surface area contributed by atoms with Crippen LogP contribution in [-0.4, -0.2) is 42.9 Å². The fourth-order valence-corrected chi connectivity index (χ4v) is 3.46. The van der Waals surface area contributed by atoms with Crippen LogP contribution in [0.3, 0.4) is 0 Å². The first kappa shape index (κ1) is 20.3. The van der Waals surface area contributed by atoms with Crippen molar-refractivity contribution in [3.8, 4) is 0 Å². The van der Waals surface area contributed by atoms with Gasteiger partial charge in [-0.05, 0) is 56.6 Å². The van der Waals surface area contributed by atoms with Crippen LogP contribution in [0.1, 0.15) is 41.6 Å². The second-order valence-electron chi connectivity index (χ2n) is 6.56. The van der Waals surface area contributed by atoms with Crippen LogP contribution in [0.15, 0.2) is 18.2 Å². The highest BCUT2D eigenvalue weighted by molar-refractivity contribution is 7.99. The number of rotatable bonds is 6. The average molecular weight is 378 g/mol. The van der Waals surface area contributed by atoms with E-state index in [0.29, 0.717) is 17.0 Å². The van der Waals surface area contributed by atoms with Crippen LogP contribution in [0.4, 0.5) is 5.69 Å². The highest BCUT2D eigenvalue weighted by Crippen LogP contribution is 2.26. The van der Waals surface area contributed by atoms with E-state index < -0.39 is 0 Å². The van der Waals surface area contributed by atoms with Crippen molar-refractivity contribution in [3.63, 3.8) is 0 Å². The van der Waals surface area contributed by atoms with E-state index in [2.05, 4.69) is 10.6 Å². The summed E-state index contributed by atoms with van der Waals surface area (Å²) in [5, 5.41) is 5.87.